The Morgan fingerprint density at radius 2 is 1.69 bits per heavy atom. The standard InChI is InChI=1S/C25H39NO3/c26-24(25(21-28)16-10-14-23(19-25)20-27)15-6-1-2-8-17-29-18-9-7-13-22-11-4-3-5-12-22/h3-5,10-12,14,16,24,27-28H,1-2,6-9,13,15,17-21,26H2. The number of hydrogen-bond acceptors (Lipinski definition) is 4. The lowest BCUT2D eigenvalue weighted by atomic mass is 9.72. The molecule has 2 rings (SSSR count). The van der Waals surface area contributed by atoms with Crippen LogP contribution in [0.25, 0.3) is 0 Å². The highest BCUT2D eigenvalue weighted by Gasteiger charge is 2.35. The second-order valence-corrected chi connectivity index (χ2v) is 8.27. The van der Waals surface area contributed by atoms with Crippen LogP contribution in [0.4, 0.5) is 0 Å². The van der Waals surface area contributed by atoms with Crippen LogP contribution in [0.5, 0.6) is 0 Å². The lowest BCUT2D eigenvalue weighted by Crippen LogP contribution is -2.44. The van der Waals surface area contributed by atoms with Crippen molar-refractivity contribution in [3.05, 3.63) is 59.7 Å². The molecule has 4 nitrogen and oxygen atoms in total. The van der Waals surface area contributed by atoms with Gasteiger partial charge in [-0.15, -0.1) is 0 Å². The highest BCUT2D eigenvalue weighted by Crippen LogP contribution is 2.35. The number of aryl methyl sites for hydroxylation is 1. The third kappa shape index (κ3) is 8.43. The highest BCUT2D eigenvalue weighted by atomic mass is 16.5. The number of nitrogens with two attached hydrogens (primary N) is 1. The highest BCUT2D eigenvalue weighted by molar-refractivity contribution is 5.26. The Balaban J connectivity index is 1.46. The molecule has 0 amide bonds. The Bertz CT molecular complexity index is 614. The summed E-state index contributed by atoms with van der Waals surface area (Å²) >= 11 is 0. The third-order valence-corrected chi connectivity index (χ3v) is 5.95. The molecular weight excluding hydrogens is 362 g/mol. The van der Waals surface area contributed by atoms with Crippen molar-refractivity contribution in [1.29, 1.82) is 0 Å². The smallest absolute Gasteiger partial charge is 0.0645 e. The minimum absolute atomic E-state index is 0.0279. The van der Waals surface area contributed by atoms with Crippen molar-refractivity contribution in [1.82, 2.24) is 0 Å². The first kappa shape index (κ1) is 23.8. The average molecular weight is 402 g/mol. The van der Waals surface area contributed by atoms with E-state index < -0.39 is 5.41 Å². The van der Waals surface area contributed by atoms with Gasteiger partial charge in [0, 0.05) is 24.7 Å². The van der Waals surface area contributed by atoms with Gasteiger partial charge in [-0.25, -0.2) is 0 Å². The van der Waals surface area contributed by atoms with Crippen LogP contribution in [-0.2, 0) is 11.2 Å². The van der Waals surface area contributed by atoms with E-state index in [4.69, 9.17) is 10.5 Å². The summed E-state index contributed by atoms with van der Waals surface area (Å²) in [6, 6.07) is 10.5. The average Bonchev–Trinajstić information content (AvgIpc) is 2.77. The second kappa shape index (κ2) is 13.7. The maximum Gasteiger partial charge on any atom is 0.0645 e. The van der Waals surface area contributed by atoms with E-state index >= 15 is 0 Å². The summed E-state index contributed by atoms with van der Waals surface area (Å²) in [5.41, 5.74) is 8.34. The molecule has 1 aliphatic rings. The number of aliphatic hydroxyl groups is 2. The largest absolute Gasteiger partial charge is 0.395 e. The van der Waals surface area contributed by atoms with E-state index in [1.165, 1.54) is 12.0 Å². The Morgan fingerprint density at radius 3 is 2.41 bits per heavy atom. The molecule has 1 aromatic carbocycles. The van der Waals surface area contributed by atoms with Gasteiger partial charge in [-0.3, -0.25) is 0 Å². The molecule has 29 heavy (non-hydrogen) atoms. The molecule has 2 atom stereocenters. The summed E-state index contributed by atoms with van der Waals surface area (Å²) in [6.45, 7) is 1.75. The summed E-state index contributed by atoms with van der Waals surface area (Å²) in [7, 11) is 0. The van der Waals surface area contributed by atoms with Gasteiger partial charge < -0.3 is 20.7 Å². The molecule has 0 saturated heterocycles. The van der Waals surface area contributed by atoms with Gasteiger partial charge in [0.2, 0.25) is 0 Å². The van der Waals surface area contributed by atoms with Crippen molar-refractivity contribution in [3.63, 3.8) is 0 Å². The van der Waals surface area contributed by atoms with Crippen molar-refractivity contribution in [2.75, 3.05) is 26.4 Å². The second-order valence-electron chi connectivity index (χ2n) is 8.27. The molecule has 0 bridgehead atoms. The van der Waals surface area contributed by atoms with Crippen LogP contribution in [0.1, 0.15) is 56.9 Å². The first-order valence-corrected chi connectivity index (χ1v) is 11.2. The maximum absolute atomic E-state index is 9.89. The van der Waals surface area contributed by atoms with Crippen LogP contribution in [-0.4, -0.2) is 42.7 Å². The zero-order chi connectivity index (χ0) is 20.8. The van der Waals surface area contributed by atoms with E-state index in [-0.39, 0.29) is 19.3 Å². The molecule has 0 aromatic heterocycles. The van der Waals surface area contributed by atoms with Crippen molar-refractivity contribution >= 4 is 0 Å². The van der Waals surface area contributed by atoms with Gasteiger partial charge in [0.1, 0.15) is 0 Å². The molecule has 1 aromatic rings. The molecule has 0 spiro atoms. The fourth-order valence-electron chi connectivity index (χ4n) is 3.99. The van der Waals surface area contributed by atoms with Crippen LogP contribution in [0.3, 0.4) is 0 Å². The summed E-state index contributed by atoms with van der Waals surface area (Å²) in [6.07, 6.45) is 15.3. The molecule has 0 aliphatic heterocycles. The SMILES string of the molecule is NC(CCCCCCOCCCCc1ccccc1)C1(CO)C=CC=C(CO)C1. The fraction of sp³-hybridized carbons (Fsp3) is 0.600. The quantitative estimate of drug-likeness (QED) is 0.386. The fourth-order valence-corrected chi connectivity index (χ4v) is 3.99. The third-order valence-electron chi connectivity index (χ3n) is 5.95. The number of ether oxygens (including phenoxy) is 1. The first-order valence-electron chi connectivity index (χ1n) is 11.2. The summed E-state index contributed by atoms with van der Waals surface area (Å²) in [5, 5.41) is 19.3. The Kier molecular flexibility index (Phi) is 11.3. The van der Waals surface area contributed by atoms with Gasteiger partial charge in [0.15, 0.2) is 0 Å². The number of unbranched alkanes of at least 4 members (excludes halogenated alkanes) is 4. The Labute approximate surface area is 176 Å². The molecule has 4 N–H and O–H groups in total. The lowest BCUT2D eigenvalue weighted by molar-refractivity contribution is 0.124. The van der Waals surface area contributed by atoms with Crippen LogP contribution in [0.2, 0.25) is 0 Å². The number of benzene rings is 1. The minimum atomic E-state index is -0.421. The molecule has 0 saturated carbocycles. The van der Waals surface area contributed by atoms with Crippen LogP contribution in [0.15, 0.2) is 54.1 Å². The lowest BCUT2D eigenvalue weighted by Gasteiger charge is -2.37. The minimum Gasteiger partial charge on any atom is -0.395 e. The number of allylic oxidation sites excluding steroid dienone is 2. The predicted octanol–water partition coefficient (Wildman–Crippen LogP) is 4.16. The Hall–Kier alpha value is -1.46. The first-order chi connectivity index (χ1) is 14.2. The molecule has 2 unspecified atom stereocenters. The molecule has 162 valence electrons. The summed E-state index contributed by atoms with van der Waals surface area (Å²) < 4.78 is 5.76. The molecule has 0 radical (unpaired) electrons. The van der Waals surface area contributed by atoms with E-state index in [1.807, 2.05) is 18.2 Å². The summed E-state index contributed by atoms with van der Waals surface area (Å²) in [4.78, 5) is 0. The van der Waals surface area contributed by atoms with Gasteiger partial charge >= 0.3 is 0 Å². The van der Waals surface area contributed by atoms with Gasteiger partial charge in [0.25, 0.3) is 0 Å². The molecule has 0 heterocycles. The van der Waals surface area contributed by atoms with Crippen molar-refractivity contribution in [3.8, 4) is 0 Å². The van der Waals surface area contributed by atoms with Gasteiger partial charge in [-0.2, -0.15) is 0 Å². The molecule has 1 aliphatic carbocycles. The zero-order valence-corrected chi connectivity index (χ0v) is 17.8. The topological polar surface area (TPSA) is 75.7 Å². The van der Waals surface area contributed by atoms with Crippen molar-refractivity contribution < 1.29 is 14.9 Å². The molecule has 0 fully saturated rings. The van der Waals surface area contributed by atoms with Gasteiger partial charge in [-0.05, 0) is 49.7 Å². The van der Waals surface area contributed by atoms with E-state index in [9.17, 15) is 10.2 Å². The molecule has 4 heteroatoms. The summed E-state index contributed by atoms with van der Waals surface area (Å²) in [5.74, 6) is 0. The van der Waals surface area contributed by atoms with E-state index in [2.05, 4.69) is 30.3 Å². The van der Waals surface area contributed by atoms with E-state index in [0.717, 1.165) is 63.7 Å². The predicted molar refractivity (Wildman–Crippen MR) is 120 cm³/mol. The molecular formula is C25H39NO3. The van der Waals surface area contributed by atoms with Crippen LogP contribution >= 0.6 is 0 Å². The van der Waals surface area contributed by atoms with Crippen LogP contribution in [0, 0.1) is 5.41 Å². The maximum atomic E-state index is 9.89. The van der Waals surface area contributed by atoms with Crippen molar-refractivity contribution in [2.24, 2.45) is 11.1 Å². The van der Waals surface area contributed by atoms with Crippen LogP contribution < -0.4 is 5.73 Å². The normalized spacial score (nSPS) is 19.9. The van der Waals surface area contributed by atoms with Crippen molar-refractivity contribution in [2.45, 2.75) is 63.8 Å². The Morgan fingerprint density at radius 1 is 0.966 bits per heavy atom. The number of hydrogen-bond donors (Lipinski definition) is 3. The number of rotatable bonds is 15. The van der Waals surface area contributed by atoms with Gasteiger partial charge in [-0.1, -0.05) is 67.8 Å². The van der Waals surface area contributed by atoms with Gasteiger partial charge in [0.05, 0.1) is 13.2 Å². The number of aliphatic hydroxyl groups excluding tert-OH is 2. The van der Waals surface area contributed by atoms with E-state index in [0.29, 0.717) is 6.42 Å². The zero-order valence-electron chi connectivity index (χ0n) is 17.8. The van der Waals surface area contributed by atoms with E-state index in [1.54, 1.807) is 0 Å². The monoisotopic (exact) mass is 401 g/mol.